The Morgan fingerprint density at radius 1 is 1.27 bits per heavy atom. The Labute approximate surface area is 221 Å². The maximum absolute atomic E-state index is 13.5. The molecular weight excluding hydrogens is 470 g/mol. The number of likely N-dealkylation sites (N-methyl/N-ethyl adjacent to an activating group) is 1. The first-order valence-electron chi connectivity index (χ1n) is 13.4. The lowest BCUT2D eigenvalue weighted by atomic mass is 9.99. The second-order valence-corrected chi connectivity index (χ2v) is 10.7. The number of likely N-dealkylation sites (tertiary alicyclic amines) is 1. The predicted octanol–water partition coefficient (Wildman–Crippen LogP) is 1.55. The smallest absolute Gasteiger partial charge is 0.259 e. The summed E-state index contributed by atoms with van der Waals surface area (Å²) in [5.41, 5.74) is 0.956. The molecule has 0 bridgehead atoms. The first kappa shape index (κ1) is 28.9. The van der Waals surface area contributed by atoms with Crippen LogP contribution in [0.2, 0.25) is 0 Å². The van der Waals surface area contributed by atoms with E-state index in [1.165, 1.54) is 19.3 Å². The molecule has 9 nitrogen and oxygen atoms in total. The number of carbonyl (C=O) groups excluding carboxylic acids is 2. The third kappa shape index (κ3) is 8.16. The van der Waals surface area contributed by atoms with Crippen LogP contribution in [0.1, 0.15) is 55.5 Å². The number of fused-ring (bicyclic) bond motifs is 1. The van der Waals surface area contributed by atoms with Crippen molar-refractivity contribution < 1.29 is 19.4 Å². The highest BCUT2D eigenvalue weighted by Crippen LogP contribution is 2.27. The molecule has 0 spiro atoms. The number of aliphatic hydroxyl groups is 1. The van der Waals surface area contributed by atoms with E-state index in [4.69, 9.17) is 4.74 Å². The molecule has 3 rings (SSSR count). The highest BCUT2D eigenvalue weighted by Gasteiger charge is 2.34. The van der Waals surface area contributed by atoms with Crippen molar-refractivity contribution in [1.29, 1.82) is 0 Å². The van der Waals surface area contributed by atoms with Crippen LogP contribution in [-0.4, -0.2) is 121 Å². The van der Waals surface area contributed by atoms with E-state index in [9.17, 15) is 14.7 Å². The van der Waals surface area contributed by atoms with Gasteiger partial charge in [-0.05, 0) is 53.0 Å². The Kier molecular flexibility index (Phi) is 10.7. The summed E-state index contributed by atoms with van der Waals surface area (Å²) in [6.45, 7) is 7.98. The summed E-state index contributed by atoms with van der Waals surface area (Å²) in [6.07, 6.45) is 5.42. The molecule has 3 heterocycles. The second kappa shape index (κ2) is 13.8. The van der Waals surface area contributed by atoms with E-state index < -0.39 is 0 Å². The zero-order valence-corrected chi connectivity index (χ0v) is 23.1. The molecule has 1 aromatic rings. The normalized spacial score (nSPS) is 21.3. The van der Waals surface area contributed by atoms with Crippen molar-refractivity contribution in [2.24, 2.45) is 5.92 Å². The SMILES string of the molecule is C[C@H]1CN([C@@H](C)CO)C(=O)c2cc(C#CCN(C)C)cnc2O[C@@H]1CN(C)C(=O)CCN1CCCCC1. The summed E-state index contributed by atoms with van der Waals surface area (Å²) in [4.78, 5) is 38.7. The molecule has 204 valence electrons. The van der Waals surface area contributed by atoms with Crippen LogP contribution in [0, 0.1) is 17.8 Å². The number of amides is 2. The number of ether oxygens (including phenoxy) is 1. The van der Waals surface area contributed by atoms with Gasteiger partial charge < -0.3 is 24.5 Å². The topological polar surface area (TPSA) is 89.5 Å². The lowest BCUT2D eigenvalue weighted by molar-refractivity contribution is -0.131. The average molecular weight is 514 g/mol. The number of hydrogen-bond donors (Lipinski definition) is 1. The Morgan fingerprint density at radius 2 is 2.00 bits per heavy atom. The minimum atomic E-state index is -0.367. The van der Waals surface area contributed by atoms with Crippen molar-refractivity contribution in [3.05, 3.63) is 23.4 Å². The molecule has 1 N–H and O–H groups in total. The van der Waals surface area contributed by atoms with Crippen molar-refractivity contribution in [3.8, 4) is 17.7 Å². The fourth-order valence-electron chi connectivity index (χ4n) is 4.69. The fourth-order valence-corrected chi connectivity index (χ4v) is 4.69. The summed E-state index contributed by atoms with van der Waals surface area (Å²) in [5.74, 6) is 6.14. The van der Waals surface area contributed by atoms with Crippen LogP contribution >= 0.6 is 0 Å². The Hall–Kier alpha value is -2.67. The highest BCUT2D eigenvalue weighted by atomic mass is 16.5. The largest absolute Gasteiger partial charge is 0.472 e. The molecule has 2 amide bonds. The summed E-state index contributed by atoms with van der Waals surface area (Å²) in [6, 6.07) is 1.35. The number of aliphatic hydroxyl groups excluding tert-OH is 1. The molecule has 3 atom stereocenters. The molecule has 2 aliphatic rings. The number of carbonyl (C=O) groups is 2. The monoisotopic (exact) mass is 513 g/mol. The Morgan fingerprint density at radius 3 is 2.68 bits per heavy atom. The standard InChI is InChI=1S/C28H43N5O4/c1-21-18-33(22(2)20-34)28(36)24-16-23(10-9-12-30(3)4)17-29-27(24)37-25(21)19-31(5)26(35)11-15-32-13-7-6-8-14-32/h16-17,21-22,25,34H,6-8,11-15,18-20H2,1-5H3/t21-,22-,25+/m0/s1. The van der Waals surface area contributed by atoms with Crippen molar-refractivity contribution in [2.75, 3.05) is 67.0 Å². The van der Waals surface area contributed by atoms with Crippen molar-refractivity contribution >= 4 is 11.8 Å². The molecule has 0 unspecified atom stereocenters. The lowest BCUT2D eigenvalue weighted by Gasteiger charge is -2.37. The minimum Gasteiger partial charge on any atom is -0.472 e. The zero-order chi connectivity index (χ0) is 26.9. The first-order chi connectivity index (χ1) is 17.7. The zero-order valence-electron chi connectivity index (χ0n) is 23.1. The quantitative estimate of drug-likeness (QED) is 0.528. The average Bonchev–Trinajstić information content (AvgIpc) is 2.89. The molecule has 1 saturated heterocycles. The fraction of sp³-hybridized carbons (Fsp3) is 0.679. The number of hydrogen-bond acceptors (Lipinski definition) is 7. The molecule has 0 aromatic carbocycles. The molecule has 9 heteroatoms. The highest BCUT2D eigenvalue weighted by molar-refractivity contribution is 5.97. The predicted molar refractivity (Wildman–Crippen MR) is 143 cm³/mol. The molecule has 1 aromatic heterocycles. The van der Waals surface area contributed by atoms with Gasteiger partial charge in [-0.2, -0.15) is 0 Å². The summed E-state index contributed by atoms with van der Waals surface area (Å²) >= 11 is 0. The van der Waals surface area contributed by atoms with E-state index in [0.29, 0.717) is 37.2 Å². The van der Waals surface area contributed by atoms with Crippen LogP contribution in [-0.2, 0) is 4.79 Å². The molecule has 1 fully saturated rings. The van der Waals surface area contributed by atoms with E-state index in [1.807, 2.05) is 39.9 Å². The number of nitrogens with zero attached hydrogens (tertiary/aromatic N) is 5. The van der Waals surface area contributed by atoms with E-state index in [-0.39, 0.29) is 42.4 Å². The van der Waals surface area contributed by atoms with Gasteiger partial charge in [0.2, 0.25) is 11.8 Å². The summed E-state index contributed by atoms with van der Waals surface area (Å²) < 4.78 is 6.31. The Balaban J connectivity index is 1.79. The maximum atomic E-state index is 13.5. The number of rotatable bonds is 8. The van der Waals surface area contributed by atoms with Gasteiger partial charge in [0.15, 0.2) is 0 Å². The molecule has 0 radical (unpaired) electrons. The van der Waals surface area contributed by atoms with E-state index in [1.54, 1.807) is 22.1 Å². The number of pyridine rings is 1. The van der Waals surface area contributed by atoms with Gasteiger partial charge in [-0.1, -0.05) is 25.2 Å². The van der Waals surface area contributed by atoms with Gasteiger partial charge in [-0.15, -0.1) is 0 Å². The molecule has 2 aliphatic heterocycles. The molecule has 37 heavy (non-hydrogen) atoms. The third-order valence-electron chi connectivity index (χ3n) is 7.12. The van der Waals surface area contributed by atoms with Crippen LogP contribution in [0.15, 0.2) is 12.3 Å². The van der Waals surface area contributed by atoms with Gasteiger partial charge >= 0.3 is 0 Å². The van der Waals surface area contributed by atoms with Crippen LogP contribution in [0.3, 0.4) is 0 Å². The van der Waals surface area contributed by atoms with Crippen LogP contribution in [0.25, 0.3) is 0 Å². The van der Waals surface area contributed by atoms with Gasteiger partial charge in [0, 0.05) is 44.2 Å². The van der Waals surface area contributed by atoms with E-state index in [0.717, 1.165) is 19.6 Å². The Bertz CT molecular complexity index is 983. The van der Waals surface area contributed by atoms with Gasteiger partial charge in [0.1, 0.15) is 11.7 Å². The van der Waals surface area contributed by atoms with Gasteiger partial charge in [-0.25, -0.2) is 4.98 Å². The van der Waals surface area contributed by atoms with Gasteiger partial charge in [0.05, 0.1) is 25.7 Å². The molecule has 0 saturated carbocycles. The van der Waals surface area contributed by atoms with Gasteiger partial charge in [0.25, 0.3) is 5.91 Å². The van der Waals surface area contributed by atoms with Crippen molar-refractivity contribution in [3.63, 3.8) is 0 Å². The minimum absolute atomic E-state index is 0.0789. The molecular formula is C28H43N5O4. The van der Waals surface area contributed by atoms with Crippen LogP contribution in [0.4, 0.5) is 0 Å². The third-order valence-corrected chi connectivity index (χ3v) is 7.12. The maximum Gasteiger partial charge on any atom is 0.259 e. The first-order valence-corrected chi connectivity index (χ1v) is 13.4. The van der Waals surface area contributed by atoms with Crippen LogP contribution < -0.4 is 4.74 Å². The number of piperidine rings is 1. The second-order valence-electron chi connectivity index (χ2n) is 10.7. The van der Waals surface area contributed by atoms with E-state index in [2.05, 4.69) is 21.7 Å². The molecule has 0 aliphatic carbocycles. The summed E-state index contributed by atoms with van der Waals surface area (Å²) in [7, 11) is 5.69. The summed E-state index contributed by atoms with van der Waals surface area (Å²) in [5, 5.41) is 9.85. The van der Waals surface area contributed by atoms with Crippen LogP contribution in [0.5, 0.6) is 5.88 Å². The number of aromatic nitrogens is 1. The van der Waals surface area contributed by atoms with Crippen molar-refractivity contribution in [2.45, 2.75) is 51.7 Å². The lowest BCUT2D eigenvalue weighted by Crippen LogP contribution is -2.50. The van der Waals surface area contributed by atoms with Gasteiger partial charge in [-0.3, -0.25) is 14.5 Å². The van der Waals surface area contributed by atoms with Crippen molar-refractivity contribution in [1.82, 2.24) is 24.6 Å². The van der Waals surface area contributed by atoms with E-state index >= 15 is 0 Å².